The van der Waals surface area contributed by atoms with Gasteiger partial charge in [0.25, 0.3) is 0 Å². The Morgan fingerprint density at radius 2 is 1.93 bits per heavy atom. The van der Waals surface area contributed by atoms with Crippen molar-refractivity contribution >= 4 is 5.57 Å². The Morgan fingerprint density at radius 3 is 2.40 bits per heavy atom. The fourth-order valence-electron chi connectivity index (χ4n) is 1.46. The Hall–Kier alpha value is -1.56. The van der Waals surface area contributed by atoms with Gasteiger partial charge in [0.1, 0.15) is 0 Å². The Morgan fingerprint density at radius 1 is 1.27 bits per heavy atom. The number of aryl methyl sites for hydroxylation is 1. The SMILES string of the molecule is C=C/C=C\C(=C/C)c1ccc(CC)cc1. The van der Waals surface area contributed by atoms with Crippen molar-refractivity contribution in [1.82, 2.24) is 0 Å². The lowest BCUT2D eigenvalue weighted by Gasteiger charge is -2.03. The highest BCUT2D eigenvalue weighted by Crippen LogP contribution is 2.16. The summed E-state index contributed by atoms with van der Waals surface area (Å²) < 4.78 is 0. The molecular weight excluding hydrogens is 180 g/mol. The van der Waals surface area contributed by atoms with Crippen LogP contribution in [-0.2, 0) is 6.42 Å². The van der Waals surface area contributed by atoms with E-state index in [1.54, 1.807) is 6.08 Å². The van der Waals surface area contributed by atoms with Crippen LogP contribution in [0, 0.1) is 0 Å². The minimum atomic E-state index is 1.09. The maximum atomic E-state index is 3.67. The van der Waals surface area contributed by atoms with Gasteiger partial charge >= 0.3 is 0 Å². The smallest absolute Gasteiger partial charge is 0.0187 e. The van der Waals surface area contributed by atoms with E-state index in [2.05, 4.69) is 56.8 Å². The molecule has 0 amide bonds. The van der Waals surface area contributed by atoms with Gasteiger partial charge in [0.15, 0.2) is 0 Å². The zero-order valence-electron chi connectivity index (χ0n) is 9.53. The Labute approximate surface area is 92.6 Å². The summed E-state index contributed by atoms with van der Waals surface area (Å²) in [6, 6.07) is 8.70. The van der Waals surface area contributed by atoms with E-state index >= 15 is 0 Å². The molecule has 0 radical (unpaired) electrons. The molecule has 0 atom stereocenters. The van der Waals surface area contributed by atoms with Gasteiger partial charge in [0.2, 0.25) is 0 Å². The van der Waals surface area contributed by atoms with Crippen molar-refractivity contribution in [3.63, 3.8) is 0 Å². The van der Waals surface area contributed by atoms with Crippen molar-refractivity contribution in [2.24, 2.45) is 0 Å². The number of hydrogen-bond donors (Lipinski definition) is 0. The highest BCUT2D eigenvalue weighted by atomic mass is 14.0. The summed E-state index contributed by atoms with van der Waals surface area (Å²) in [4.78, 5) is 0. The zero-order valence-corrected chi connectivity index (χ0v) is 9.53. The van der Waals surface area contributed by atoms with E-state index in [0.717, 1.165) is 6.42 Å². The first-order valence-electron chi connectivity index (χ1n) is 5.36. The average molecular weight is 198 g/mol. The molecule has 0 aliphatic carbocycles. The molecule has 15 heavy (non-hydrogen) atoms. The van der Waals surface area contributed by atoms with Gasteiger partial charge in [-0.15, -0.1) is 0 Å². The largest absolute Gasteiger partial charge is 0.0991 e. The second-order valence-corrected chi connectivity index (χ2v) is 3.39. The number of benzene rings is 1. The molecule has 0 nitrogen and oxygen atoms in total. The average Bonchev–Trinajstić information content (AvgIpc) is 2.31. The van der Waals surface area contributed by atoms with Crippen molar-refractivity contribution in [1.29, 1.82) is 0 Å². The molecule has 0 spiro atoms. The van der Waals surface area contributed by atoms with Crippen molar-refractivity contribution in [3.8, 4) is 0 Å². The molecule has 0 saturated heterocycles. The summed E-state index contributed by atoms with van der Waals surface area (Å²) >= 11 is 0. The van der Waals surface area contributed by atoms with E-state index in [4.69, 9.17) is 0 Å². The highest BCUT2D eigenvalue weighted by molar-refractivity contribution is 5.74. The molecule has 0 bridgehead atoms. The second-order valence-electron chi connectivity index (χ2n) is 3.39. The quantitative estimate of drug-likeness (QED) is 0.629. The van der Waals surface area contributed by atoms with Crippen LogP contribution in [0.3, 0.4) is 0 Å². The van der Waals surface area contributed by atoms with E-state index in [9.17, 15) is 0 Å². The van der Waals surface area contributed by atoms with Crippen LogP contribution in [0.25, 0.3) is 5.57 Å². The van der Waals surface area contributed by atoms with Crippen LogP contribution in [0.5, 0.6) is 0 Å². The van der Waals surface area contributed by atoms with Gasteiger partial charge in [0, 0.05) is 0 Å². The number of rotatable bonds is 4. The molecule has 0 aliphatic heterocycles. The second kappa shape index (κ2) is 6.02. The summed E-state index contributed by atoms with van der Waals surface area (Å²) in [6.45, 7) is 7.90. The minimum Gasteiger partial charge on any atom is -0.0991 e. The molecular formula is C15H18. The molecule has 0 fully saturated rings. The molecule has 0 aliphatic rings. The lowest BCUT2D eigenvalue weighted by atomic mass is 10.0. The zero-order chi connectivity index (χ0) is 11.1. The third-order valence-electron chi connectivity index (χ3n) is 2.42. The Bertz CT molecular complexity index is 364. The van der Waals surface area contributed by atoms with Crippen molar-refractivity contribution in [2.45, 2.75) is 20.3 Å². The maximum Gasteiger partial charge on any atom is -0.0187 e. The third-order valence-corrected chi connectivity index (χ3v) is 2.42. The molecule has 0 heterocycles. The first-order valence-corrected chi connectivity index (χ1v) is 5.36. The van der Waals surface area contributed by atoms with Gasteiger partial charge in [-0.25, -0.2) is 0 Å². The van der Waals surface area contributed by atoms with Gasteiger partial charge in [-0.1, -0.05) is 62.1 Å². The van der Waals surface area contributed by atoms with E-state index in [-0.39, 0.29) is 0 Å². The number of allylic oxidation sites excluding steroid dienone is 5. The highest BCUT2D eigenvalue weighted by Gasteiger charge is 1.96. The molecule has 1 aromatic rings. The maximum absolute atomic E-state index is 3.67. The molecule has 1 aromatic carbocycles. The number of hydrogen-bond acceptors (Lipinski definition) is 0. The van der Waals surface area contributed by atoms with Gasteiger partial charge in [-0.2, -0.15) is 0 Å². The van der Waals surface area contributed by atoms with Crippen LogP contribution in [-0.4, -0.2) is 0 Å². The molecule has 0 heteroatoms. The monoisotopic (exact) mass is 198 g/mol. The lowest BCUT2D eigenvalue weighted by Crippen LogP contribution is -1.83. The van der Waals surface area contributed by atoms with Gasteiger partial charge in [0.05, 0.1) is 0 Å². The van der Waals surface area contributed by atoms with Crippen LogP contribution >= 0.6 is 0 Å². The molecule has 0 unspecified atom stereocenters. The molecule has 0 N–H and O–H groups in total. The van der Waals surface area contributed by atoms with Gasteiger partial charge in [-0.3, -0.25) is 0 Å². The van der Waals surface area contributed by atoms with Crippen molar-refractivity contribution < 1.29 is 0 Å². The van der Waals surface area contributed by atoms with Crippen LogP contribution in [0.1, 0.15) is 25.0 Å². The third kappa shape index (κ3) is 3.25. The summed E-state index contributed by atoms with van der Waals surface area (Å²) in [5.74, 6) is 0. The van der Waals surface area contributed by atoms with Crippen LogP contribution < -0.4 is 0 Å². The predicted molar refractivity (Wildman–Crippen MR) is 68.8 cm³/mol. The standard InChI is InChI=1S/C15H18/c1-4-7-8-14(6-3)15-11-9-13(5-2)10-12-15/h4,6-12H,1,5H2,2-3H3/b8-7-,14-6+. The fourth-order valence-corrected chi connectivity index (χ4v) is 1.46. The van der Waals surface area contributed by atoms with E-state index in [0.29, 0.717) is 0 Å². The van der Waals surface area contributed by atoms with E-state index in [1.165, 1.54) is 16.7 Å². The normalized spacial score (nSPS) is 12.0. The molecule has 1 rings (SSSR count). The summed E-state index contributed by atoms with van der Waals surface area (Å²) in [6.07, 6.45) is 9.04. The van der Waals surface area contributed by atoms with Crippen molar-refractivity contribution in [3.05, 3.63) is 66.3 Å². The topological polar surface area (TPSA) is 0 Å². The lowest BCUT2D eigenvalue weighted by molar-refractivity contribution is 1.14. The van der Waals surface area contributed by atoms with E-state index in [1.807, 2.05) is 6.08 Å². The van der Waals surface area contributed by atoms with Crippen LogP contribution in [0.15, 0.2) is 55.1 Å². The van der Waals surface area contributed by atoms with Gasteiger partial charge < -0.3 is 0 Å². The molecule has 78 valence electrons. The Kier molecular flexibility index (Phi) is 4.62. The molecule has 0 aromatic heterocycles. The molecule has 0 saturated carbocycles. The summed E-state index contributed by atoms with van der Waals surface area (Å²) in [5, 5.41) is 0. The summed E-state index contributed by atoms with van der Waals surface area (Å²) in [7, 11) is 0. The minimum absolute atomic E-state index is 1.09. The van der Waals surface area contributed by atoms with Crippen LogP contribution in [0.2, 0.25) is 0 Å². The first kappa shape index (κ1) is 11.5. The summed E-state index contributed by atoms with van der Waals surface area (Å²) in [5.41, 5.74) is 3.87. The van der Waals surface area contributed by atoms with E-state index < -0.39 is 0 Å². The fraction of sp³-hybridized carbons (Fsp3) is 0.200. The first-order chi connectivity index (χ1) is 7.31. The van der Waals surface area contributed by atoms with Gasteiger partial charge in [-0.05, 0) is 30.0 Å². The predicted octanol–water partition coefficient (Wildman–Crippen LogP) is 4.39. The van der Waals surface area contributed by atoms with Crippen molar-refractivity contribution in [2.75, 3.05) is 0 Å². The Balaban J connectivity index is 2.93. The van der Waals surface area contributed by atoms with Crippen LogP contribution in [0.4, 0.5) is 0 Å².